The minimum atomic E-state index is -1.17. The molecule has 1 heterocycles. The van der Waals surface area contributed by atoms with Crippen molar-refractivity contribution in [1.82, 2.24) is 10.6 Å². The molecule has 1 fully saturated rings. The number of carbonyl (C=O) groups excluding carboxylic acids is 2. The van der Waals surface area contributed by atoms with Crippen molar-refractivity contribution in [1.29, 1.82) is 0 Å². The Bertz CT molecular complexity index is 327. The van der Waals surface area contributed by atoms with Crippen LogP contribution >= 0.6 is 0 Å². The first-order chi connectivity index (χ1) is 9.08. The van der Waals surface area contributed by atoms with Crippen LogP contribution in [0.5, 0.6) is 0 Å². The Morgan fingerprint density at radius 2 is 2.11 bits per heavy atom. The minimum Gasteiger partial charge on any atom is -0.480 e. The second-order valence-corrected chi connectivity index (χ2v) is 4.21. The number of carboxylic acids is 1. The van der Waals surface area contributed by atoms with E-state index in [4.69, 9.17) is 9.84 Å². The van der Waals surface area contributed by atoms with E-state index >= 15 is 0 Å². The standard InChI is InChI=1S/C11H18N2O6/c14-9(6-19-7-10(15)16)13-11(17)12-3-1-8-2-4-18-5-8/h8H,1-7H2,(H,15,16)(H2,12,13,14,17). The molecule has 0 saturated carbocycles. The van der Waals surface area contributed by atoms with Crippen LogP contribution in [0, 0.1) is 5.92 Å². The Balaban J connectivity index is 2.02. The maximum absolute atomic E-state index is 11.3. The van der Waals surface area contributed by atoms with E-state index in [1.807, 2.05) is 5.32 Å². The molecule has 1 atom stereocenters. The normalized spacial score (nSPS) is 18.0. The summed E-state index contributed by atoms with van der Waals surface area (Å²) in [6, 6.07) is -0.608. The summed E-state index contributed by atoms with van der Waals surface area (Å²) in [5, 5.41) is 12.9. The average Bonchev–Trinajstić information content (AvgIpc) is 2.81. The van der Waals surface area contributed by atoms with Crippen LogP contribution in [0.25, 0.3) is 0 Å². The van der Waals surface area contributed by atoms with Gasteiger partial charge in [0.25, 0.3) is 5.91 Å². The summed E-state index contributed by atoms with van der Waals surface area (Å²) in [6.07, 6.45) is 1.79. The number of hydrogen-bond donors (Lipinski definition) is 3. The molecule has 0 aromatic carbocycles. The van der Waals surface area contributed by atoms with Gasteiger partial charge in [-0.05, 0) is 18.8 Å². The lowest BCUT2D eigenvalue weighted by Gasteiger charge is -2.09. The number of carboxylic acid groups (broad SMARTS) is 1. The maximum atomic E-state index is 11.3. The zero-order valence-electron chi connectivity index (χ0n) is 10.5. The zero-order chi connectivity index (χ0) is 14.1. The van der Waals surface area contributed by atoms with E-state index in [2.05, 4.69) is 10.1 Å². The Morgan fingerprint density at radius 1 is 1.32 bits per heavy atom. The molecule has 1 unspecified atom stereocenters. The van der Waals surface area contributed by atoms with E-state index in [1.54, 1.807) is 0 Å². The van der Waals surface area contributed by atoms with Gasteiger partial charge < -0.3 is 19.9 Å². The number of nitrogens with one attached hydrogen (secondary N) is 2. The van der Waals surface area contributed by atoms with Gasteiger partial charge in [0.2, 0.25) is 0 Å². The largest absolute Gasteiger partial charge is 0.480 e. The second-order valence-electron chi connectivity index (χ2n) is 4.21. The molecule has 3 N–H and O–H groups in total. The van der Waals surface area contributed by atoms with Crippen molar-refractivity contribution in [3.05, 3.63) is 0 Å². The third-order valence-electron chi connectivity index (χ3n) is 2.57. The van der Waals surface area contributed by atoms with Gasteiger partial charge >= 0.3 is 12.0 Å². The van der Waals surface area contributed by atoms with Gasteiger partial charge in [0, 0.05) is 19.8 Å². The van der Waals surface area contributed by atoms with Gasteiger partial charge in [0.05, 0.1) is 0 Å². The van der Waals surface area contributed by atoms with Gasteiger partial charge in [-0.3, -0.25) is 10.1 Å². The Kier molecular flexibility index (Phi) is 6.83. The van der Waals surface area contributed by atoms with E-state index in [9.17, 15) is 14.4 Å². The summed E-state index contributed by atoms with van der Waals surface area (Å²) in [5.74, 6) is -1.39. The third-order valence-corrected chi connectivity index (χ3v) is 2.57. The lowest BCUT2D eigenvalue weighted by molar-refractivity contribution is -0.143. The summed E-state index contributed by atoms with van der Waals surface area (Å²) in [5.41, 5.74) is 0. The SMILES string of the molecule is O=C(O)COCC(=O)NC(=O)NCCC1CCOC1. The quantitative estimate of drug-likeness (QED) is 0.568. The van der Waals surface area contributed by atoms with E-state index in [-0.39, 0.29) is 0 Å². The molecule has 1 saturated heterocycles. The van der Waals surface area contributed by atoms with Crippen LogP contribution in [0.1, 0.15) is 12.8 Å². The van der Waals surface area contributed by atoms with Crippen LogP contribution in [0.2, 0.25) is 0 Å². The molecular weight excluding hydrogens is 256 g/mol. The van der Waals surface area contributed by atoms with Crippen LogP contribution in [0.3, 0.4) is 0 Å². The topological polar surface area (TPSA) is 114 Å². The molecule has 0 aromatic heterocycles. The van der Waals surface area contributed by atoms with Gasteiger partial charge in [-0.15, -0.1) is 0 Å². The highest BCUT2D eigenvalue weighted by Crippen LogP contribution is 2.14. The molecule has 19 heavy (non-hydrogen) atoms. The molecular formula is C11H18N2O6. The van der Waals surface area contributed by atoms with Crippen molar-refractivity contribution in [3.8, 4) is 0 Å². The van der Waals surface area contributed by atoms with Crippen LogP contribution in [-0.2, 0) is 19.1 Å². The molecule has 8 nitrogen and oxygen atoms in total. The van der Waals surface area contributed by atoms with Crippen LogP contribution in [0.4, 0.5) is 4.79 Å². The highest BCUT2D eigenvalue weighted by Gasteiger charge is 2.15. The number of carbonyl (C=O) groups is 3. The zero-order valence-corrected chi connectivity index (χ0v) is 10.5. The van der Waals surface area contributed by atoms with Crippen molar-refractivity contribution >= 4 is 17.9 Å². The molecule has 3 amide bonds. The number of rotatable bonds is 7. The van der Waals surface area contributed by atoms with Crippen LogP contribution in [0.15, 0.2) is 0 Å². The fraction of sp³-hybridized carbons (Fsp3) is 0.727. The molecule has 1 rings (SSSR count). The Morgan fingerprint density at radius 3 is 2.74 bits per heavy atom. The molecule has 0 spiro atoms. The third kappa shape index (κ3) is 7.37. The molecule has 1 aliphatic heterocycles. The average molecular weight is 274 g/mol. The first kappa shape index (κ1) is 15.4. The van der Waals surface area contributed by atoms with Crippen LogP contribution in [-0.4, -0.2) is 56.0 Å². The molecule has 0 aliphatic carbocycles. The summed E-state index contributed by atoms with van der Waals surface area (Å²) in [6.45, 7) is 0.900. The minimum absolute atomic E-state index is 0.454. The number of hydrogen-bond acceptors (Lipinski definition) is 5. The van der Waals surface area contributed by atoms with Gasteiger partial charge in [0.1, 0.15) is 13.2 Å². The van der Waals surface area contributed by atoms with Crippen molar-refractivity contribution in [2.75, 3.05) is 33.0 Å². The summed E-state index contributed by atoms with van der Waals surface area (Å²) in [7, 11) is 0. The summed E-state index contributed by atoms with van der Waals surface area (Å²) >= 11 is 0. The van der Waals surface area contributed by atoms with Crippen molar-refractivity contribution in [2.45, 2.75) is 12.8 Å². The lowest BCUT2D eigenvalue weighted by atomic mass is 10.1. The molecule has 108 valence electrons. The Hall–Kier alpha value is -1.67. The van der Waals surface area contributed by atoms with Crippen LogP contribution < -0.4 is 10.6 Å². The monoisotopic (exact) mass is 274 g/mol. The van der Waals surface area contributed by atoms with Gasteiger partial charge in [-0.1, -0.05) is 0 Å². The maximum Gasteiger partial charge on any atom is 0.329 e. The smallest absolute Gasteiger partial charge is 0.329 e. The van der Waals surface area contributed by atoms with E-state index in [1.165, 1.54) is 0 Å². The van der Waals surface area contributed by atoms with Gasteiger partial charge in [-0.25, -0.2) is 9.59 Å². The van der Waals surface area contributed by atoms with Gasteiger partial charge in [0.15, 0.2) is 0 Å². The van der Waals surface area contributed by atoms with E-state index in [0.29, 0.717) is 19.1 Å². The summed E-state index contributed by atoms with van der Waals surface area (Å²) < 4.78 is 9.73. The predicted octanol–water partition coefficient (Wildman–Crippen LogP) is -0.660. The molecule has 0 bridgehead atoms. The molecule has 0 aromatic rings. The van der Waals surface area contributed by atoms with Crippen molar-refractivity contribution < 1.29 is 29.0 Å². The van der Waals surface area contributed by atoms with Gasteiger partial charge in [-0.2, -0.15) is 0 Å². The molecule has 0 radical (unpaired) electrons. The number of amides is 3. The van der Waals surface area contributed by atoms with E-state index in [0.717, 1.165) is 19.4 Å². The fourth-order valence-corrected chi connectivity index (χ4v) is 1.64. The Labute approximate surface area is 110 Å². The molecule has 8 heteroatoms. The summed E-state index contributed by atoms with van der Waals surface area (Å²) in [4.78, 5) is 32.5. The predicted molar refractivity (Wildman–Crippen MR) is 63.5 cm³/mol. The highest BCUT2D eigenvalue weighted by atomic mass is 16.5. The first-order valence-corrected chi connectivity index (χ1v) is 6.03. The fourth-order valence-electron chi connectivity index (χ4n) is 1.64. The first-order valence-electron chi connectivity index (χ1n) is 6.03. The van der Waals surface area contributed by atoms with Crippen molar-refractivity contribution in [3.63, 3.8) is 0 Å². The number of aliphatic carboxylic acids is 1. The lowest BCUT2D eigenvalue weighted by Crippen LogP contribution is -2.42. The van der Waals surface area contributed by atoms with E-state index < -0.39 is 31.1 Å². The number of ether oxygens (including phenoxy) is 2. The second kappa shape index (κ2) is 8.44. The highest BCUT2D eigenvalue weighted by molar-refractivity contribution is 5.94. The molecule has 1 aliphatic rings. The van der Waals surface area contributed by atoms with Crippen molar-refractivity contribution in [2.24, 2.45) is 5.92 Å². The number of imide groups is 1. The number of urea groups is 1.